The summed E-state index contributed by atoms with van der Waals surface area (Å²) in [5, 5.41) is 3.21. The lowest BCUT2D eigenvalue weighted by atomic mass is 10.1. The fourth-order valence-corrected chi connectivity index (χ4v) is 5.25. The second-order valence-corrected chi connectivity index (χ2v) is 9.34. The molecule has 31 heavy (non-hydrogen) atoms. The quantitative estimate of drug-likeness (QED) is 0.476. The third-order valence-electron chi connectivity index (χ3n) is 5.12. The molecule has 0 fully saturated rings. The van der Waals surface area contributed by atoms with E-state index in [-0.39, 0.29) is 23.1 Å². The van der Waals surface area contributed by atoms with Crippen molar-refractivity contribution < 1.29 is 17.6 Å². The third kappa shape index (κ3) is 4.51. The summed E-state index contributed by atoms with van der Waals surface area (Å²) in [4.78, 5) is 12.7. The van der Waals surface area contributed by atoms with Gasteiger partial charge in [0.15, 0.2) is 9.84 Å². The number of aryl methyl sites for hydroxylation is 1. The van der Waals surface area contributed by atoms with Gasteiger partial charge in [0.25, 0.3) is 0 Å². The number of nitrogens with zero attached hydrogens (tertiary/aromatic N) is 1. The first-order chi connectivity index (χ1) is 14.8. The molecule has 0 aliphatic carbocycles. The molecule has 0 aliphatic rings. The van der Waals surface area contributed by atoms with Crippen LogP contribution in [-0.4, -0.2) is 18.9 Å². The molecule has 1 N–H and O–H groups in total. The Morgan fingerprint density at radius 3 is 2.52 bits per heavy atom. The second-order valence-electron chi connectivity index (χ2n) is 7.38. The van der Waals surface area contributed by atoms with Gasteiger partial charge in [0.1, 0.15) is 12.4 Å². The standard InChI is InChI=1S/C24H21FN2O3S/c1-17-7-2-3-8-18(17)16-31(29,30)23-14-27(22-12-5-4-11-21(22)23)15-24(28)26-20-10-6-9-19(25)13-20/h2-14H,15-16H2,1H3,(H,26,28). The van der Waals surface area contributed by atoms with E-state index in [0.717, 1.165) is 11.1 Å². The van der Waals surface area contributed by atoms with E-state index in [9.17, 15) is 17.6 Å². The molecule has 0 saturated heterocycles. The van der Waals surface area contributed by atoms with Crippen LogP contribution in [0, 0.1) is 12.7 Å². The number of halogens is 1. The molecule has 4 aromatic rings. The van der Waals surface area contributed by atoms with Gasteiger partial charge in [0, 0.05) is 22.8 Å². The molecule has 1 aromatic heterocycles. The highest BCUT2D eigenvalue weighted by Crippen LogP contribution is 2.28. The zero-order valence-corrected chi connectivity index (χ0v) is 17.7. The summed E-state index contributed by atoms with van der Waals surface area (Å²) >= 11 is 0. The molecule has 0 bridgehead atoms. The van der Waals surface area contributed by atoms with Crippen LogP contribution in [0.25, 0.3) is 10.9 Å². The van der Waals surface area contributed by atoms with Crippen LogP contribution < -0.4 is 5.32 Å². The summed E-state index contributed by atoms with van der Waals surface area (Å²) in [6, 6.07) is 20.1. The van der Waals surface area contributed by atoms with Gasteiger partial charge < -0.3 is 9.88 Å². The highest BCUT2D eigenvalue weighted by Gasteiger charge is 2.23. The predicted octanol–water partition coefficient (Wildman–Crippen LogP) is 4.70. The molecule has 0 saturated carbocycles. The molecule has 0 atom stereocenters. The maximum atomic E-state index is 13.4. The van der Waals surface area contributed by atoms with E-state index in [1.807, 2.05) is 25.1 Å². The first-order valence-electron chi connectivity index (χ1n) is 9.74. The minimum absolute atomic E-state index is 0.100. The van der Waals surface area contributed by atoms with E-state index >= 15 is 0 Å². The van der Waals surface area contributed by atoms with Crippen molar-refractivity contribution in [3.63, 3.8) is 0 Å². The van der Waals surface area contributed by atoms with E-state index in [1.165, 1.54) is 24.4 Å². The molecule has 158 valence electrons. The van der Waals surface area contributed by atoms with E-state index < -0.39 is 15.7 Å². The van der Waals surface area contributed by atoms with Crippen LogP contribution in [-0.2, 0) is 26.9 Å². The van der Waals surface area contributed by atoms with Gasteiger partial charge >= 0.3 is 0 Å². The number of sulfone groups is 1. The molecular formula is C24H21FN2O3S. The van der Waals surface area contributed by atoms with E-state index in [2.05, 4.69) is 5.32 Å². The maximum absolute atomic E-state index is 13.4. The lowest BCUT2D eigenvalue weighted by molar-refractivity contribution is -0.116. The first-order valence-corrected chi connectivity index (χ1v) is 11.4. The Kier molecular flexibility index (Phi) is 5.61. The normalized spacial score (nSPS) is 11.5. The summed E-state index contributed by atoms with van der Waals surface area (Å²) in [5.41, 5.74) is 2.63. The average molecular weight is 437 g/mol. The zero-order valence-electron chi connectivity index (χ0n) is 16.9. The van der Waals surface area contributed by atoms with Gasteiger partial charge in [-0.2, -0.15) is 0 Å². The number of hydrogen-bond donors (Lipinski definition) is 1. The molecule has 1 heterocycles. The van der Waals surface area contributed by atoms with Gasteiger partial charge in [-0.05, 0) is 42.3 Å². The molecule has 5 nitrogen and oxygen atoms in total. The van der Waals surface area contributed by atoms with Gasteiger partial charge in [-0.1, -0.05) is 48.5 Å². The minimum atomic E-state index is -3.64. The number of nitrogens with one attached hydrogen (secondary N) is 1. The Hall–Kier alpha value is -3.45. The molecule has 4 rings (SSSR count). The van der Waals surface area contributed by atoms with Gasteiger partial charge in [-0.15, -0.1) is 0 Å². The fraction of sp³-hybridized carbons (Fsp3) is 0.125. The number of amides is 1. The van der Waals surface area contributed by atoms with Crippen molar-refractivity contribution in [2.75, 3.05) is 5.32 Å². The Bertz CT molecular complexity index is 1380. The number of carbonyl (C=O) groups excluding carboxylic acids is 1. The van der Waals surface area contributed by atoms with Gasteiger partial charge in [0.05, 0.1) is 10.6 Å². The van der Waals surface area contributed by atoms with E-state index in [0.29, 0.717) is 16.6 Å². The van der Waals surface area contributed by atoms with Crippen LogP contribution >= 0.6 is 0 Å². The third-order valence-corrected chi connectivity index (χ3v) is 6.80. The number of carbonyl (C=O) groups is 1. The highest BCUT2D eigenvalue weighted by atomic mass is 32.2. The van der Waals surface area contributed by atoms with Crippen molar-refractivity contribution in [2.45, 2.75) is 24.1 Å². The summed E-state index contributed by atoms with van der Waals surface area (Å²) in [5.74, 6) is -0.952. The summed E-state index contributed by atoms with van der Waals surface area (Å²) in [6.45, 7) is 1.78. The van der Waals surface area contributed by atoms with Crippen molar-refractivity contribution in [2.24, 2.45) is 0 Å². The number of hydrogen-bond acceptors (Lipinski definition) is 3. The summed E-state index contributed by atoms with van der Waals surface area (Å²) in [7, 11) is -3.64. The number of anilines is 1. The average Bonchev–Trinajstić information content (AvgIpc) is 3.09. The Morgan fingerprint density at radius 1 is 1.00 bits per heavy atom. The van der Waals surface area contributed by atoms with Crippen molar-refractivity contribution in [1.82, 2.24) is 4.57 Å². The van der Waals surface area contributed by atoms with E-state index in [4.69, 9.17) is 0 Å². The lowest BCUT2D eigenvalue weighted by Crippen LogP contribution is -2.18. The SMILES string of the molecule is Cc1ccccc1CS(=O)(=O)c1cn(CC(=O)Nc2cccc(F)c2)c2ccccc12. The number of aromatic nitrogens is 1. The zero-order chi connectivity index (χ0) is 22.0. The van der Waals surface area contributed by atoms with Crippen LogP contribution in [0.1, 0.15) is 11.1 Å². The maximum Gasteiger partial charge on any atom is 0.244 e. The number of fused-ring (bicyclic) bond motifs is 1. The molecule has 0 radical (unpaired) electrons. The van der Waals surface area contributed by atoms with Crippen LogP contribution in [0.2, 0.25) is 0 Å². The second kappa shape index (κ2) is 8.35. The predicted molar refractivity (Wildman–Crippen MR) is 119 cm³/mol. The lowest BCUT2D eigenvalue weighted by Gasteiger charge is -2.07. The molecule has 0 aliphatic heterocycles. The van der Waals surface area contributed by atoms with Gasteiger partial charge in [-0.25, -0.2) is 12.8 Å². The van der Waals surface area contributed by atoms with Gasteiger partial charge in [0.2, 0.25) is 5.91 Å². The topological polar surface area (TPSA) is 68.2 Å². The molecule has 1 amide bonds. The van der Waals surface area contributed by atoms with E-state index in [1.54, 1.807) is 41.0 Å². The van der Waals surface area contributed by atoms with Crippen LogP contribution in [0.3, 0.4) is 0 Å². The number of rotatable bonds is 6. The summed E-state index contributed by atoms with van der Waals surface area (Å²) in [6.07, 6.45) is 1.50. The van der Waals surface area contributed by atoms with Crippen LogP contribution in [0.4, 0.5) is 10.1 Å². The largest absolute Gasteiger partial charge is 0.337 e. The monoisotopic (exact) mass is 436 g/mol. The number of benzene rings is 3. The highest BCUT2D eigenvalue weighted by molar-refractivity contribution is 7.90. The van der Waals surface area contributed by atoms with Gasteiger partial charge in [-0.3, -0.25) is 4.79 Å². The molecule has 7 heteroatoms. The number of para-hydroxylation sites is 1. The molecule has 3 aromatic carbocycles. The fourth-order valence-electron chi connectivity index (χ4n) is 3.57. The molecule has 0 unspecified atom stereocenters. The van der Waals surface area contributed by atoms with Crippen molar-refractivity contribution >= 4 is 32.3 Å². The first kappa shape index (κ1) is 20.8. The Labute approximate surface area is 180 Å². The Morgan fingerprint density at radius 2 is 1.74 bits per heavy atom. The smallest absolute Gasteiger partial charge is 0.244 e. The van der Waals surface area contributed by atoms with Crippen molar-refractivity contribution in [3.05, 3.63) is 95.9 Å². The van der Waals surface area contributed by atoms with Crippen molar-refractivity contribution in [1.29, 1.82) is 0 Å². The molecular weight excluding hydrogens is 415 g/mol. The van der Waals surface area contributed by atoms with Crippen LogP contribution in [0.5, 0.6) is 0 Å². The molecule has 0 spiro atoms. The summed E-state index contributed by atoms with van der Waals surface area (Å²) < 4.78 is 41.5. The minimum Gasteiger partial charge on any atom is -0.337 e. The van der Waals surface area contributed by atoms with Crippen LogP contribution in [0.15, 0.2) is 83.9 Å². The Balaban J connectivity index is 1.66. The van der Waals surface area contributed by atoms with Crippen molar-refractivity contribution in [3.8, 4) is 0 Å².